The molecule has 1 saturated carbocycles. The van der Waals surface area contributed by atoms with Gasteiger partial charge in [0, 0.05) is 48.9 Å². The molecule has 1 saturated heterocycles. The monoisotopic (exact) mass is 414 g/mol. The fourth-order valence-electron chi connectivity index (χ4n) is 4.77. The van der Waals surface area contributed by atoms with Crippen molar-refractivity contribution in [3.8, 4) is 17.8 Å². The highest BCUT2D eigenvalue weighted by molar-refractivity contribution is 5.94. The Kier molecular flexibility index (Phi) is 5.46. The van der Waals surface area contributed by atoms with Gasteiger partial charge in [-0.3, -0.25) is 4.79 Å². The second kappa shape index (κ2) is 8.06. The quantitative estimate of drug-likeness (QED) is 0.787. The van der Waals surface area contributed by atoms with Crippen LogP contribution in [0.1, 0.15) is 35.2 Å². The summed E-state index contributed by atoms with van der Waals surface area (Å²) in [6, 6.07) is 3.50. The molecule has 9 heteroatoms. The Bertz CT molecular complexity index is 923. The summed E-state index contributed by atoms with van der Waals surface area (Å²) in [5.74, 6) is 0.314. The van der Waals surface area contributed by atoms with E-state index < -0.39 is 5.60 Å². The lowest BCUT2D eigenvalue weighted by Gasteiger charge is -2.53. The molecule has 0 radical (unpaired) electrons. The zero-order valence-electron chi connectivity index (χ0n) is 17.4. The number of methoxy groups -OCH3 is 3. The number of pyridine rings is 1. The van der Waals surface area contributed by atoms with Gasteiger partial charge in [-0.05, 0) is 18.9 Å². The zero-order valence-corrected chi connectivity index (χ0v) is 17.4. The standard InChI is InChI=1S/C21H26N4O5/c1-28-17-9-13(7-8-22-17)19(26)25-11-14-5-4-6-15(12-25)21(14,27)16-10-23-20(30-3)24-18(16)29-2/h7-10,14-15,27H,4-6,11-12H2,1-3H3/t14-,15-/m0/s1. The molecule has 0 aromatic carbocycles. The average Bonchev–Trinajstić information content (AvgIpc) is 2.77. The maximum absolute atomic E-state index is 13.1. The van der Waals surface area contributed by atoms with Crippen LogP contribution in [0, 0.1) is 11.8 Å². The first-order chi connectivity index (χ1) is 14.5. The predicted octanol–water partition coefficient (Wildman–Crippen LogP) is 1.66. The number of aliphatic hydroxyl groups is 1. The number of hydrogen-bond donors (Lipinski definition) is 1. The Balaban J connectivity index is 1.65. The van der Waals surface area contributed by atoms with Crippen LogP contribution in [0.3, 0.4) is 0 Å². The van der Waals surface area contributed by atoms with Crippen LogP contribution in [-0.2, 0) is 5.60 Å². The van der Waals surface area contributed by atoms with Gasteiger partial charge in [0.25, 0.3) is 5.91 Å². The maximum Gasteiger partial charge on any atom is 0.319 e. The third-order valence-electron chi connectivity index (χ3n) is 6.25. The Morgan fingerprint density at radius 1 is 1.13 bits per heavy atom. The molecule has 1 aliphatic carbocycles. The molecule has 2 atom stereocenters. The van der Waals surface area contributed by atoms with Crippen molar-refractivity contribution >= 4 is 5.91 Å². The van der Waals surface area contributed by atoms with Gasteiger partial charge in [-0.25, -0.2) is 9.97 Å². The van der Waals surface area contributed by atoms with Crippen molar-refractivity contribution in [2.75, 3.05) is 34.4 Å². The third kappa shape index (κ3) is 3.32. The van der Waals surface area contributed by atoms with E-state index in [1.807, 2.05) is 4.90 Å². The number of likely N-dealkylation sites (tertiary alicyclic amines) is 1. The van der Waals surface area contributed by atoms with Crippen molar-refractivity contribution in [2.45, 2.75) is 24.9 Å². The van der Waals surface area contributed by atoms with E-state index in [9.17, 15) is 9.90 Å². The molecule has 1 aliphatic heterocycles. The highest BCUT2D eigenvalue weighted by Crippen LogP contribution is 2.51. The summed E-state index contributed by atoms with van der Waals surface area (Å²) < 4.78 is 15.7. The topological polar surface area (TPSA) is 107 Å². The van der Waals surface area contributed by atoms with E-state index in [2.05, 4.69) is 15.0 Å². The summed E-state index contributed by atoms with van der Waals surface area (Å²) in [5.41, 5.74) is -0.0864. The largest absolute Gasteiger partial charge is 0.481 e. The second-order valence-corrected chi connectivity index (χ2v) is 7.73. The fourth-order valence-corrected chi connectivity index (χ4v) is 4.77. The van der Waals surface area contributed by atoms with Crippen LogP contribution in [0.4, 0.5) is 0 Å². The van der Waals surface area contributed by atoms with Crippen LogP contribution < -0.4 is 14.2 Å². The number of carbonyl (C=O) groups is 1. The molecule has 2 fully saturated rings. The molecule has 2 aromatic rings. The highest BCUT2D eigenvalue weighted by Gasteiger charge is 2.54. The number of aromatic nitrogens is 3. The van der Waals surface area contributed by atoms with Gasteiger partial charge in [0.15, 0.2) is 0 Å². The number of piperidine rings is 1. The smallest absolute Gasteiger partial charge is 0.319 e. The number of amides is 1. The van der Waals surface area contributed by atoms with Crippen LogP contribution in [0.2, 0.25) is 0 Å². The summed E-state index contributed by atoms with van der Waals surface area (Å²) >= 11 is 0. The SMILES string of the molecule is COc1cc(C(=O)N2C[C@@H]3CCC[C@@H](C2)C3(O)c2cnc(OC)nc2OC)ccn1. The van der Waals surface area contributed by atoms with Crippen molar-refractivity contribution in [1.29, 1.82) is 0 Å². The normalized spacial score (nSPS) is 25.5. The molecular weight excluding hydrogens is 388 g/mol. The van der Waals surface area contributed by atoms with Crippen LogP contribution >= 0.6 is 0 Å². The fraction of sp³-hybridized carbons (Fsp3) is 0.524. The molecular formula is C21H26N4O5. The molecule has 30 heavy (non-hydrogen) atoms. The van der Waals surface area contributed by atoms with E-state index in [1.165, 1.54) is 21.3 Å². The molecule has 160 valence electrons. The molecule has 9 nitrogen and oxygen atoms in total. The van der Waals surface area contributed by atoms with Crippen molar-refractivity contribution in [2.24, 2.45) is 11.8 Å². The minimum absolute atomic E-state index is 0.0902. The molecule has 2 bridgehead atoms. The first-order valence-corrected chi connectivity index (χ1v) is 9.98. The Hall–Kier alpha value is -2.94. The van der Waals surface area contributed by atoms with E-state index in [1.54, 1.807) is 24.5 Å². The summed E-state index contributed by atoms with van der Waals surface area (Å²) in [6.07, 6.45) is 5.74. The summed E-state index contributed by atoms with van der Waals surface area (Å²) in [4.78, 5) is 27.5. The first-order valence-electron chi connectivity index (χ1n) is 9.98. The van der Waals surface area contributed by atoms with Crippen molar-refractivity contribution in [1.82, 2.24) is 19.9 Å². The van der Waals surface area contributed by atoms with Crippen molar-refractivity contribution < 1.29 is 24.1 Å². The number of rotatable bonds is 5. The lowest BCUT2D eigenvalue weighted by molar-refractivity contribution is -0.140. The molecule has 3 heterocycles. The molecule has 0 unspecified atom stereocenters. The van der Waals surface area contributed by atoms with Crippen LogP contribution in [0.15, 0.2) is 24.5 Å². The van der Waals surface area contributed by atoms with Crippen LogP contribution in [-0.4, -0.2) is 65.3 Å². The van der Waals surface area contributed by atoms with Gasteiger partial charge >= 0.3 is 6.01 Å². The molecule has 2 aliphatic rings. The second-order valence-electron chi connectivity index (χ2n) is 7.73. The van der Waals surface area contributed by atoms with Gasteiger partial charge in [0.1, 0.15) is 5.60 Å². The van der Waals surface area contributed by atoms with Crippen LogP contribution in [0.25, 0.3) is 0 Å². The predicted molar refractivity (Wildman–Crippen MR) is 107 cm³/mol. The molecule has 4 rings (SSSR count). The van der Waals surface area contributed by atoms with E-state index in [-0.39, 0.29) is 23.8 Å². The van der Waals surface area contributed by atoms with Gasteiger partial charge in [-0.1, -0.05) is 6.42 Å². The lowest BCUT2D eigenvalue weighted by Crippen LogP contribution is -2.59. The van der Waals surface area contributed by atoms with Gasteiger partial charge in [-0.2, -0.15) is 4.98 Å². The van der Waals surface area contributed by atoms with Crippen molar-refractivity contribution in [3.05, 3.63) is 35.7 Å². The number of carbonyl (C=O) groups excluding carboxylic acids is 1. The Labute approximate surface area is 175 Å². The first kappa shape index (κ1) is 20.3. The number of nitrogens with zero attached hydrogens (tertiary/aromatic N) is 4. The Morgan fingerprint density at radius 3 is 2.50 bits per heavy atom. The minimum Gasteiger partial charge on any atom is -0.481 e. The molecule has 1 N–H and O–H groups in total. The third-order valence-corrected chi connectivity index (χ3v) is 6.25. The van der Waals surface area contributed by atoms with Gasteiger partial charge in [0.2, 0.25) is 11.8 Å². The Morgan fingerprint density at radius 2 is 1.87 bits per heavy atom. The van der Waals surface area contributed by atoms with E-state index >= 15 is 0 Å². The summed E-state index contributed by atoms with van der Waals surface area (Å²) in [7, 11) is 4.52. The highest BCUT2D eigenvalue weighted by atomic mass is 16.5. The average molecular weight is 414 g/mol. The van der Waals surface area contributed by atoms with E-state index in [4.69, 9.17) is 14.2 Å². The maximum atomic E-state index is 13.1. The lowest BCUT2D eigenvalue weighted by atomic mass is 9.63. The van der Waals surface area contributed by atoms with E-state index in [0.717, 1.165) is 19.3 Å². The summed E-state index contributed by atoms with van der Waals surface area (Å²) in [5, 5.41) is 11.9. The van der Waals surface area contributed by atoms with E-state index in [0.29, 0.717) is 36.0 Å². The number of fused-ring (bicyclic) bond motifs is 2. The minimum atomic E-state index is -1.16. The van der Waals surface area contributed by atoms with Gasteiger partial charge < -0.3 is 24.2 Å². The van der Waals surface area contributed by atoms with Gasteiger partial charge in [-0.15, -0.1) is 0 Å². The number of hydrogen-bond acceptors (Lipinski definition) is 8. The summed E-state index contributed by atoms with van der Waals surface area (Å²) in [6.45, 7) is 0.872. The molecule has 1 amide bonds. The van der Waals surface area contributed by atoms with Crippen molar-refractivity contribution in [3.63, 3.8) is 0 Å². The number of ether oxygens (including phenoxy) is 3. The van der Waals surface area contributed by atoms with Crippen LogP contribution in [0.5, 0.6) is 17.8 Å². The molecule has 0 spiro atoms. The van der Waals surface area contributed by atoms with Gasteiger partial charge in [0.05, 0.1) is 26.9 Å². The zero-order chi connectivity index (χ0) is 21.3. The molecule has 2 aromatic heterocycles.